The van der Waals surface area contributed by atoms with E-state index in [1.165, 1.54) is 0 Å². The lowest BCUT2D eigenvalue weighted by Crippen LogP contribution is -2.26. The van der Waals surface area contributed by atoms with Crippen LogP contribution in [0.4, 0.5) is 5.82 Å². The number of carbonyl (C=O) groups is 1. The quantitative estimate of drug-likeness (QED) is 0.942. The number of nitrogens with zero attached hydrogens (tertiary/aromatic N) is 3. The highest BCUT2D eigenvalue weighted by molar-refractivity contribution is 7.09. The Morgan fingerprint density at radius 1 is 1.36 bits per heavy atom. The molecular formula is C16H22N4OS. The summed E-state index contributed by atoms with van der Waals surface area (Å²) < 4.78 is 0. The van der Waals surface area contributed by atoms with Crippen LogP contribution in [-0.2, 0) is 12.0 Å². The highest BCUT2D eigenvalue weighted by Crippen LogP contribution is 2.24. The number of amides is 1. The van der Waals surface area contributed by atoms with Crippen molar-refractivity contribution in [3.8, 4) is 0 Å². The highest BCUT2D eigenvalue weighted by Gasteiger charge is 2.18. The Hall–Kier alpha value is -1.95. The summed E-state index contributed by atoms with van der Waals surface area (Å²) in [5.41, 5.74) is 1.65. The molecule has 0 atom stereocenters. The van der Waals surface area contributed by atoms with E-state index >= 15 is 0 Å². The maximum Gasteiger partial charge on any atom is 0.255 e. The van der Waals surface area contributed by atoms with Gasteiger partial charge in [0.2, 0.25) is 0 Å². The molecule has 22 heavy (non-hydrogen) atoms. The van der Waals surface area contributed by atoms with E-state index < -0.39 is 0 Å². The molecule has 0 saturated carbocycles. The maximum absolute atomic E-state index is 12.3. The largest absolute Gasteiger partial charge is 0.362 e. The summed E-state index contributed by atoms with van der Waals surface area (Å²) in [6.07, 6.45) is 1.68. The van der Waals surface area contributed by atoms with Gasteiger partial charge >= 0.3 is 0 Å². The Kier molecular flexibility index (Phi) is 4.81. The number of carbonyl (C=O) groups excluding carboxylic acids is 1. The van der Waals surface area contributed by atoms with Crippen LogP contribution in [0.1, 0.15) is 41.8 Å². The minimum atomic E-state index is -0.135. The zero-order chi connectivity index (χ0) is 16.3. The molecule has 0 aliphatic carbocycles. The molecule has 0 aliphatic heterocycles. The van der Waals surface area contributed by atoms with Crippen molar-refractivity contribution in [1.29, 1.82) is 0 Å². The summed E-state index contributed by atoms with van der Waals surface area (Å²) in [4.78, 5) is 23.0. The van der Waals surface area contributed by atoms with E-state index in [1.54, 1.807) is 29.7 Å². The summed E-state index contributed by atoms with van der Waals surface area (Å²) in [6, 6.07) is 3.54. The minimum Gasteiger partial charge on any atom is -0.362 e. The van der Waals surface area contributed by atoms with Gasteiger partial charge < -0.3 is 10.2 Å². The second kappa shape index (κ2) is 6.44. The van der Waals surface area contributed by atoms with E-state index in [0.717, 1.165) is 10.7 Å². The normalized spacial score (nSPS) is 11.3. The van der Waals surface area contributed by atoms with Crippen molar-refractivity contribution in [2.24, 2.45) is 0 Å². The summed E-state index contributed by atoms with van der Waals surface area (Å²) in [7, 11) is 3.74. The predicted octanol–water partition coefficient (Wildman–Crippen LogP) is 2.83. The van der Waals surface area contributed by atoms with Gasteiger partial charge in [-0.1, -0.05) is 20.8 Å². The van der Waals surface area contributed by atoms with Crippen LogP contribution in [0.2, 0.25) is 0 Å². The Morgan fingerprint density at radius 2 is 2.09 bits per heavy atom. The van der Waals surface area contributed by atoms with Crippen LogP contribution >= 0.6 is 11.3 Å². The van der Waals surface area contributed by atoms with Crippen LogP contribution in [0.5, 0.6) is 0 Å². The fourth-order valence-electron chi connectivity index (χ4n) is 1.92. The maximum atomic E-state index is 12.3. The van der Waals surface area contributed by atoms with Crippen molar-refractivity contribution in [1.82, 2.24) is 15.3 Å². The van der Waals surface area contributed by atoms with Crippen molar-refractivity contribution in [3.05, 3.63) is 40.0 Å². The Labute approximate surface area is 135 Å². The van der Waals surface area contributed by atoms with Crippen molar-refractivity contribution >= 4 is 23.1 Å². The smallest absolute Gasteiger partial charge is 0.255 e. The van der Waals surface area contributed by atoms with Gasteiger partial charge in [0.25, 0.3) is 5.91 Å². The van der Waals surface area contributed by atoms with Gasteiger partial charge in [-0.3, -0.25) is 4.79 Å². The standard InChI is InChI=1S/C16H22N4OS/c1-16(2,3)12-10-22-13(19-12)9-18-15(21)11-7-6-8-17-14(11)20(4)5/h6-8,10H,9H2,1-5H3,(H,18,21). The van der Waals surface area contributed by atoms with E-state index in [9.17, 15) is 4.79 Å². The molecule has 0 fully saturated rings. The van der Waals surface area contributed by atoms with E-state index in [-0.39, 0.29) is 11.3 Å². The van der Waals surface area contributed by atoms with Gasteiger partial charge in [0, 0.05) is 31.1 Å². The van der Waals surface area contributed by atoms with E-state index in [1.807, 2.05) is 19.0 Å². The fourth-order valence-corrected chi connectivity index (χ4v) is 2.88. The zero-order valence-electron chi connectivity index (χ0n) is 13.7. The van der Waals surface area contributed by atoms with Crippen LogP contribution in [0.25, 0.3) is 0 Å². The number of rotatable bonds is 4. The number of nitrogens with one attached hydrogen (secondary N) is 1. The molecule has 0 aliphatic rings. The fraction of sp³-hybridized carbons (Fsp3) is 0.438. The summed E-state index contributed by atoms with van der Waals surface area (Å²) in [6.45, 7) is 6.82. The molecular weight excluding hydrogens is 296 g/mol. The number of anilines is 1. The molecule has 0 spiro atoms. The van der Waals surface area contributed by atoms with Crippen molar-refractivity contribution in [2.75, 3.05) is 19.0 Å². The van der Waals surface area contributed by atoms with Crippen molar-refractivity contribution in [2.45, 2.75) is 32.7 Å². The second-order valence-electron chi connectivity index (χ2n) is 6.33. The highest BCUT2D eigenvalue weighted by atomic mass is 32.1. The molecule has 5 nitrogen and oxygen atoms in total. The summed E-state index contributed by atoms with van der Waals surface area (Å²) in [5, 5.41) is 5.88. The third-order valence-electron chi connectivity index (χ3n) is 3.18. The SMILES string of the molecule is CN(C)c1ncccc1C(=O)NCc1nc(C(C)(C)C)cs1. The van der Waals surface area contributed by atoms with Crippen molar-refractivity contribution in [3.63, 3.8) is 0 Å². The molecule has 0 radical (unpaired) electrons. The molecule has 0 saturated heterocycles. The lowest BCUT2D eigenvalue weighted by atomic mass is 9.93. The number of hydrogen-bond acceptors (Lipinski definition) is 5. The molecule has 0 aromatic carbocycles. The third-order valence-corrected chi connectivity index (χ3v) is 4.02. The molecule has 2 rings (SSSR count). The molecule has 0 unspecified atom stereocenters. The Balaban J connectivity index is 2.06. The van der Waals surface area contributed by atoms with Crippen LogP contribution in [0.3, 0.4) is 0 Å². The molecule has 2 heterocycles. The monoisotopic (exact) mass is 318 g/mol. The third kappa shape index (κ3) is 3.82. The average molecular weight is 318 g/mol. The van der Waals surface area contributed by atoms with Crippen LogP contribution in [-0.4, -0.2) is 30.0 Å². The molecule has 1 amide bonds. The average Bonchev–Trinajstić information content (AvgIpc) is 2.93. The molecule has 6 heteroatoms. The molecule has 1 N–H and O–H groups in total. The van der Waals surface area contributed by atoms with Gasteiger partial charge in [-0.2, -0.15) is 0 Å². The van der Waals surface area contributed by atoms with E-state index in [0.29, 0.717) is 17.9 Å². The van der Waals surface area contributed by atoms with Crippen LogP contribution in [0.15, 0.2) is 23.7 Å². The molecule has 2 aromatic heterocycles. The Morgan fingerprint density at radius 3 is 2.68 bits per heavy atom. The first kappa shape index (κ1) is 16.4. The van der Waals surface area contributed by atoms with Gasteiger partial charge in [-0.05, 0) is 12.1 Å². The van der Waals surface area contributed by atoms with Gasteiger partial charge in [0.1, 0.15) is 10.8 Å². The zero-order valence-corrected chi connectivity index (χ0v) is 14.5. The number of thiazole rings is 1. The first-order valence-corrected chi connectivity index (χ1v) is 8.02. The van der Waals surface area contributed by atoms with Gasteiger partial charge in [0.05, 0.1) is 17.8 Å². The first-order chi connectivity index (χ1) is 10.3. The summed E-state index contributed by atoms with van der Waals surface area (Å²) >= 11 is 1.57. The first-order valence-electron chi connectivity index (χ1n) is 7.14. The van der Waals surface area contributed by atoms with Gasteiger partial charge in [-0.15, -0.1) is 11.3 Å². The minimum absolute atomic E-state index is 0.0280. The van der Waals surface area contributed by atoms with Crippen molar-refractivity contribution < 1.29 is 4.79 Å². The van der Waals surface area contributed by atoms with Gasteiger partial charge in [-0.25, -0.2) is 9.97 Å². The molecule has 118 valence electrons. The van der Waals surface area contributed by atoms with Crippen LogP contribution in [0, 0.1) is 0 Å². The number of aromatic nitrogens is 2. The predicted molar refractivity (Wildman–Crippen MR) is 90.5 cm³/mol. The number of hydrogen-bond donors (Lipinski definition) is 1. The van der Waals surface area contributed by atoms with E-state index in [4.69, 9.17) is 0 Å². The van der Waals surface area contributed by atoms with Crippen LogP contribution < -0.4 is 10.2 Å². The lowest BCUT2D eigenvalue weighted by molar-refractivity contribution is 0.0951. The van der Waals surface area contributed by atoms with E-state index in [2.05, 4.69) is 41.4 Å². The topological polar surface area (TPSA) is 58.1 Å². The lowest BCUT2D eigenvalue weighted by Gasteiger charge is -2.15. The number of pyridine rings is 1. The second-order valence-corrected chi connectivity index (χ2v) is 7.27. The van der Waals surface area contributed by atoms with Gasteiger partial charge in [0.15, 0.2) is 0 Å². The Bertz CT molecular complexity index is 658. The molecule has 0 bridgehead atoms. The molecule has 2 aromatic rings. The summed E-state index contributed by atoms with van der Waals surface area (Å²) in [5.74, 6) is 0.527.